The molecule has 0 spiro atoms. The first-order chi connectivity index (χ1) is 8.77. The molecule has 0 atom stereocenters. The molecule has 1 heterocycles. The van der Waals surface area contributed by atoms with E-state index < -0.39 is 0 Å². The minimum Gasteiger partial charge on any atom is -0.493 e. The Morgan fingerprint density at radius 3 is 2.67 bits per heavy atom. The Balaban J connectivity index is 2.59. The molecule has 2 rings (SSSR count). The Hall–Kier alpha value is -1.07. The number of hydrogen-bond donors (Lipinski definition) is 0. The molecule has 0 amide bonds. The Morgan fingerprint density at radius 1 is 1.28 bits per heavy atom. The minimum atomic E-state index is 0.592. The molecule has 0 aliphatic heterocycles. The highest BCUT2D eigenvalue weighted by Gasteiger charge is 2.18. The number of benzene rings is 1. The van der Waals surface area contributed by atoms with Crippen LogP contribution < -0.4 is 9.47 Å². The first-order valence-electron chi connectivity index (χ1n) is 5.68. The fourth-order valence-corrected chi connectivity index (χ4v) is 2.57. The van der Waals surface area contributed by atoms with Gasteiger partial charge in [-0.3, -0.25) is 0 Å². The standard InChI is InChI=1S/C13H13BrNO2S/c1-3-16-11-6-5-9(14)13(17-4-2)12(11)10-7-18-8-15-10/h5-7H,3-4H2,1-2H3. The summed E-state index contributed by atoms with van der Waals surface area (Å²) in [6.07, 6.45) is 0. The van der Waals surface area contributed by atoms with E-state index in [0.717, 1.165) is 27.2 Å². The van der Waals surface area contributed by atoms with Gasteiger partial charge in [-0.1, -0.05) is 0 Å². The minimum absolute atomic E-state index is 0.592. The van der Waals surface area contributed by atoms with Crippen LogP contribution in [-0.4, -0.2) is 18.2 Å². The zero-order chi connectivity index (χ0) is 13.0. The zero-order valence-electron chi connectivity index (χ0n) is 10.2. The molecule has 95 valence electrons. The van der Waals surface area contributed by atoms with Gasteiger partial charge in [0, 0.05) is 5.38 Å². The summed E-state index contributed by atoms with van der Waals surface area (Å²) in [6.45, 7) is 5.11. The monoisotopic (exact) mass is 326 g/mol. The fraction of sp³-hybridized carbons (Fsp3) is 0.308. The maximum atomic E-state index is 5.70. The lowest BCUT2D eigenvalue weighted by molar-refractivity contribution is 0.324. The van der Waals surface area contributed by atoms with Crippen LogP contribution in [0, 0.1) is 5.51 Å². The Kier molecular flexibility index (Phi) is 4.60. The molecule has 5 heteroatoms. The maximum absolute atomic E-state index is 5.70. The highest BCUT2D eigenvalue weighted by Crippen LogP contribution is 2.42. The average Bonchev–Trinajstić information content (AvgIpc) is 2.87. The molecule has 0 bridgehead atoms. The van der Waals surface area contributed by atoms with E-state index in [2.05, 4.69) is 26.4 Å². The summed E-state index contributed by atoms with van der Waals surface area (Å²) in [4.78, 5) is 4.23. The van der Waals surface area contributed by atoms with E-state index >= 15 is 0 Å². The predicted octanol–water partition coefficient (Wildman–Crippen LogP) is 4.17. The van der Waals surface area contributed by atoms with Gasteiger partial charge in [0.15, 0.2) is 5.51 Å². The van der Waals surface area contributed by atoms with Gasteiger partial charge >= 0.3 is 0 Å². The van der Waals surface area contributed by atoms with Crippen LogP contribution in [0.2, 0.25) is 0 Å². The van der Waals surface area contributed by atoms with Crippen molar-refractivity contribution in [2.24, 2.45) is 0 Å². The largest absolute Gasteiger partial charge is 0.493 e. The molecule has 0 unspecified atom stereocenters. The first kappa shape index (κ1) is 13.4. The van der Waals surface area contributed by atoms with Gasteiger partial charge in [-0.25, -0.2) is 4.98 Å². The second-order valence-corrected chi connectivity index (χ2v) is 4.95. The third-order valence-corrected chi connectivity index (χ3v) is 3.47. The van der Waals surface area contributed by atoms with E-state index in [9.17, 15) is 0 Å². The van der Waals surface area contributed by atoms with Crippen LogP contribution in [-0.2, 0) is 0 Å². The van der Waals surface area contributed by atoms with Crippen LogP contribution in [0.25, 0.3) is 11.3 Å². The summed E-state index contributed by atoms with van der Waals surface area (Å²) < 4.78 is 12.3. The molecule has 0 saturated carbocycles. The summed E-state index contributed by atoms with van der Waals surface area (Å²) in [5, 5.41) is 1.94. The third kappa shape index (κ3) is 2.67. The molecule has 0 aliphatic carbocycles. The van der Waals surface area contributed by atoms with Crippen molar-refractivity contribution in [1.29, 1.82) is 0 Å². The van der Waals surface area contributed by atoms with Gasteiger partial charge < -0.3 is 9.47 Å². The molecule has 0 N–H and O–H groups in total. The van der Waals surface area contributed by atoms with Crippen molar-refractivity contribution in [2.45, 2.75) is 13.8 Å². The van der Waals surface area contributed by atoms with Crippen LogP contribution in [0.3, 0.4) is 0 Å². The van der Waals surface area contributed by atoms with E-state index in [4.69, 9.17) is 9.47 Å². The Labute approximate surface area is 119 Å². The molecule has 0 aliphatic rings. The highest BCUT2D eigenvalue weighted by atomic mass is 79.9. The van der Waals surface area contributed by atoms with Crippen molar-refractivity contribution in [3.05, 3.63) is 27.5 Å². The number of nitrogens with zero attached hydrogens (tertiary/aromatic N) is 1. The summed E-state index contributed by atoms with van der Waals surface area (Å²) in [5.41, 5.74) is 4.56. The van der Waals surface area contributed by atoms with Crippen molar-refractivity contribution in [1.82, 2.24) is 4.98 Å². The van der Waals surface area contributed by atoms with Crippen LogP contribution in [0.4, 0.5) is 0 Å². The maximum Gasteiger partial charge on any atom is 0.152 e. The lowest BCUT2D eigenvalue weighted by Crippen LogP contribution is -2.00. The van der Waals surface area contributed by atoms with Gasteiger partial charge in [0.25, 0.3) is 0 Å². The zero-order valence-corrected chi connectivity index (χ0v) is 12.6. The van der Waals surface area contributed by atoms with Gasteiger partial charge in [0.1, 0.15) is 11.5 Å². The Morgan fingerprint density at radius 2 is 2.06 bits per heavy atom. The summed E-state index contributed by atoms with van der Waals surface area (Å²) >= 11 is 4.94. The van der Waals surface area contributed by atoms with Crippen molar-refractivity contribution >= 4 is 27.3 Å². The van der Waals surface area contributed by atoms with Crippen molar-refractivity contribution < 1.29 is 9.47 Å². The van der Waals surface area contributed by atoms with Gasteiger partial charge in [-0.15, -0.1) is 11.3 Å². The summed E-state index contributed by atoms with van der Waals surface area (Å²) in [5.74, 6) is 1.55. The lowest BCUT2D eigenvalue weighted by Gasteiger charge is -2.15. The molecule has 18 heavy (non-hydrogen) atoms. The van der Waals surface area contributed by atoms with Gasteiger partial charge in [0.2, 0.25) is 0 Å². The summed E-state index contributed by atoms with van der Waals surface area (Å²) in [6, 6.07) is 3.85. The van der Waals surface area contributed by atoms with Gasteiger partial charge in [-0.2, -0.15) is 0 Å². The molecule has 0 fully saturated rings. The number of ether oxygens (including phenoxy) is 2. The topological polar surface area (TPSA) is 31.4 Å². The smallest absolute Gasteiger partial charge is 0.152 e. The van der Waals surface area contributed by atoms with Gasteiger partial charge in [-0.05, 0) is 41.9 Å². The van der Waals surface area contributed by atoms with E-state index in [1.54, 1.807) is 0 Å². The second-order valence-electron chi connectivity index (χ2n) is 3.44. The number of thiazole rings is 1. The molecule has 3 nitrogen and oxygen atoms in total. The second kappa shape index (κ2) is 6.20. The SMILES string of the molecule is CCOc1ccc(Br)c(OCC)c1-c1cs[c]n1. The third-order valence-electron chi connectivity index (χ3n) is 2.31. The van der Waals surface area contributed by atoms with E-state index in [1.807, 2.05) is 31.4 Å². The van der Waals surface area contributed by atoms with E-state index in [-0.39, 0.29) is 0 Å². The van der Waals surface area contributed by atoms with Gasteiger partial charge in [0.05, 0.1) is 28.9 Å². The first-order valence-corrected chi connectivity index (χ1v) is 7.35. The van der Waals surface area contributed by atoms with Crippen molar-refractivity contribution in [3.63, 3.8) is 0 Å². The molecule has 2 aromatic rings. The van der Waals surface area contributed by atoms with E-state index in [1.165, 1.54) is 11.3 Å². The highest BCUT2D eigenvalue weighted by molar-refractivity contribution is 9.10. The number of hydrogen-bond acceptors (Lipinski definition) is 4. The number of aromatic nitrogens is 1. The van der Waals surface area contributed by atoms with Crippen LogP contribution >= 0.6 is 27.3 Å². The summed E-state index contributed by atoms with van der Waals surface area (Å²) in [7, 11) is 0. The quantitative estimate of drug-likeness (QED) is 0.826. The van der Waals surface area contributed by atoms with Crippen molar-refractivity contribution in [2.75, 3.05) is 13.2 Å². The number of halogens is 1. The Bertz CT molecular complexity index is 514. The molecule has 1 radical (unpaired) electrons. The average molecular weight is 327 g/mol. The van der Waals surface area contributed by atoms with E-state index in [0.29, 0.717) is 13.2 Å². The van der Waals surface area contributed by atoms with Crippen LogP contribution in [0.5, 0.6) is 11.5 Å². The normalized spacial score (nSPS) is 10.4. The number of rotatable bonds is 5. The lowest BCUT2D eigenvalue weighted by atomic mass is 10.1. The molecular formula is C13H13BrNO2S. The van der Waals surface area contributed by atoms with Crippen molar-refractivity contribution in [3.8, 4) is 22.8 Å². The fourth-order valence-electron chi connectivity index (χ4n) is 1.64. The van der Waals surface area contributed by atoms with Crippen LogP contribution in [0.1, 0.15) is 13.8 Å². The molecule has 1 aromatic carbocycles. The van der Waals surface area contributed by atoms with Crippen LogP contribution in [0.15, 0.2) is 22.0 Å². The molecule has 0 saturated heterocycles. The predicted molar refractivity (Wildman–Crippen MR) is 76.4 cm³/mol. The molecule has 1 aromatic heterocycles. The molecular weight excluding hydrogens is 314 g/mol.